The summed E-state index contributed by atoms with van der Waals surface area (Å²) in [5, 5.41) is 1.58. The van der Waals surface area contributed by atoms with Crippen LogP contribution in [0.2, 0.25) is 0 Å². The van der Waals surface area contributed by atoms with E-state index in [9.17, 15) is 9.59 Å². The van der Waals surface area contributed by atoms with Gasteiger partial charge in [-0.15, -0.1) is 0 Å². The number of hydrogen-bond acceptors (Lipinski definition) is 5. The van der Waals surface area contributed by atoms with Crippen LogP contribution in [-0.4, -0.2) is 21.5 Å². The maximum atomic E-state index is 11.7. The molecule has 3 aromatic rings. The topological polar surface area (TPSA) is 70.4 Å². The van der Waals surface area contributed by atoms with Crippen LogP contribution in [0.25, 0.3) is 21.8 Å². The lowest BCUT2D eigenvalue weighted by Crippen LogP contribution is -2.08. The van der Waals surface area contributed by atoms with Gasteiger partial charge in [0.15, 0.2) is 5.75 Å². The van der Waals surface area contributed by atoms with Crippen LogP contribution >= 0.6 is 0 Å². The molecule has 2 aromatic carbocycles. The maximum Gasteiger partial charge on any atom is 0.308 e. The first-order chi connectivity index (χ1) is 11.8. The second-order valence-corrected chi connectivity index (χ2v) is 6.27. The fraction of sp³-hybridized carbons (Fsp3) is 0.316. The molecule has 6 nitrogen and oxygen atoms in total. The summed E-state index contributed by atoms with van der Waals surface area (Å²) in [5.74, 6) is 0.449. The van der Waals surface area contributed by atoms with Crippen LogP contribution < -0.4 is 9.47 Å². The van der Waals surface area contributed by atoms with Gasteiger partial charge in [0.1, 0.15) is 11.3 Å². The molecule has 0 radical (unpaired) electrons. The molecule has 1 heterocycles. The number of benzene rings is 2. The predicted molar refractivity (Wildman–Crippen MR) is 94.9 cm³/mol. The van der Waals surface area contributed by atoms with Crippen molar-refractivity contribution in [1.82, 2.24) is 9.55 Å². The van der Waals surface area contributed by atoms with Crippen molar-refractivity contribution >= 4 is 33.7 Å². The van der Waals surface area contributed by atoms with E-state index in [0.29, 0.717) is 10.9 Å². The Hall–Kier alpha value is -2.89. The second-order valence-electron chi connectivity index (χ2n) is 6.27. The molecule has 0 fully saturated rings. The Morgan fingerprint density at radius 1 is 1.00 bits per heavy atom. The largest absolute Gasteiger partial charge is 0.422 e. The number of carbonyl (C=O) groups is 2. The van der Waals surface area contributed by atoms with Gasteiger partial charge < -0.3 is 14.0 Å². The number of fused-ring (bicyclic) bond motifs is 3. The molecule has 6 heteroatoms. The molecule has 0 aliphatic carbocycles. The van der Waals surface area contributed by atoms with Crippen molar-refractivity contribution < 1.29 is 19.1 Å². The quantitative estimate of drug-likeness (QED) is 0.537. The predicted octanol–water partition coefficient (Wildman–Crippen LogP) is 3.70. The Balaban J connectivity index is 2.53. The van der Waals surface area contributed by atoms with Gasteiger partial charge >= 0.3 is 11.9 Å². The van der Waals surface area contributed by atoms with Gasteiger partial charge in [-0.25, -0.2) is 4.98 Å². The van der Waals surface area contributed by atoms with Crippen LogP contribution in [0.1, 0.15) is 39.4 Å². The number of rotatable bonds is 3. The minimum atomic E-state index is -0.498. The van der Waals surface area contributed by atoms with Gasteiger partial charge in [0.2, 0.25) is 5.75 Å². The molecule has 1 aromatic heterocycles. The van der Waals surface area contributed by atoms with Crippen LogP contribution in [0.4, 0.5) is 0 Å². The molecule has 130 valence electrons. The van der Waals surface area contributed by atoms with E-state index in [1.807, 2.05) is 49.7 Å². The van der Waals surface area contributed by atoms with E-state index in [4.69, 9.17) is 9.47 Å². The molecule has 0 spiro atoms. The highest BCUT2D eigenvalue weighted by Gasteiger charge is 2.25. The Bertz CT molecular complexity index is 1000. The van der Waals surface area contributed by atoms with Gasteiger partial charge in [-0.1, -0.05) is 38.1 Å². The van der Waals surface area contributed by atoms with E-state index in [2.05, 4.69) is 4.98 Å². The van der Waals surface area contributed by atoms with Crippen molar-refractivity contribution in [2.75, 3.05) is 0 Å². The van der Waals surface area contributed by atoms with Crippen LogP contribution in [0.5, 0.6) is 11.5 Å². The Morgan fingerprint density at radius 2 is 1.56 bits per heavy atom. The summed E-state index contributed by atoms with van der Waals surface area (Å²) < 4.78 is 12.8. The molecule has 0 N–H and O–H groups in total. The van der Waals surface area contributed by atoms with E-state index in [-0.39, 0.29) is 17.4 Å². The molecular weight excluding hydrogens is 320 g/mol. The van der Waals surface area contributed by atoms with Gasteiger partial charge in [-0.3, -0.25) is 9.59 Å². The molecular formula is C19H20N2O4. The molecule has 3 rings (SSSR count). The standard InChI is InChI=1S/C19H20N2O4/c1-10(2)19-20-15-16(21(19)5)13-8-6-7-9-14(13)17(24-11(3)22)18(15)25-12(4)23/h6-10H,1-5H3. The number of imidazole rings is 1. The van der Waals surface area contributed by atoms with Crippen molar-refractivity contribution in [2.24, 2.45) is 7.05 Å². The zero-order valence-electron chi connectivity index (χ0n) is 14.9. The SMILES string of the molecule is CC(=O)Oc1c(OC(C)=O)c2nc(C(C)C)n(C)c2c2ccccc12. The molecule has 0 saturated carbocycles. The molecule has 0 aliphatic heterocycles. The monoisotopic (exact) mass is 340 g/mol. The van der Waals surface area contributed by atoms with E-state index in [1.54, 1.807) is 0 Å². The number of aryl methyl sites for hydroxylation is 1. The zero-order valence-corrected chi connectivity index (χ0v) is 14.9. The molecule has 0 amide bonds. The highest BCUT2D eigenvalue weighted by atomic mass is 16.6. The van der Waals surface area contributed by atoms with Crippen LogP contribution in [0.15, 0.2) is 24.3 Å². The summed E-state index contributed by atoms with van der Waals surface area (Å²) in [6.45, 7) is 6.71. The normalized spacial score (nSPS) is 11.3. The van der Waals surface area contributed by atoms with Gasteiger partial charge in [0.25, 0.3) is 0 Å². The zero-order chi connectivity index (χ0) is 18.3. The first-order valence-corrected chi connectivity index (χ1v) is 8.09. The first kappa shape index (κ1) is 17.0. The highest BCUT2D eigenvalue weighted by molar-refractivity contribution is 6.12. The summed E-state index contributed by atoms with van der Waals surface area (Å²) in [6.07, 6.45) is 0. The van der Waals surface area contributed by atoms with Gasteiger partial charge in [0.05, 0.1) is 5.52 Å². The minimum Gasteiger partial charge on any atom is -0.422 e. The number of hydrogen-bond donors (Lipinski definition) is 0. The third-order valence-corrected chi connectivity index (χ3v) is 3.99. The Kier molecular flexibility index (Phi) is 4.20. The van der Waals surface area contributed by atoms with Crippen LogP contribution in [0, 0.1) is 0 Å². The van der Waals surface area contributed by atoms with Crippen molar-refractivity contribution in [3.05, 3.63) is 30.1 Å². The summed E-state index contributed by atoms with van der Waals surface area (Å²) in [4.78, 5) is 28.0. The van der Waals surface area contributed by atoms with Crippen molar-refractivity contribution in [1.29, 1.82) is 0 Å². The van der Waals surface area contributed by atoms with Gasteiger partial charge in [-0.2, -0.15) is 0 Å². The molecule has 25 heavy (non-hydrogen) atoms. The average Bonchev–Trinajstić information content (AvgIpc) is 2.88. The van der Waals surface area contributed by atoms with Gasteiger partial charge in [-0.05, 0) is 0 Å². The molecule has 0 atom stereocenters. The number of ether oxygens (including phenoxy) is 2. The number of aromatic nitrogens is 2. The van der Waals surface area contributed by atoms with Crippen molar-refractivity contribution in [2.45, 2.75) is 33.6 Å². The molecule has 0 unspecified atom stereocenters. The summed E-state index contributed by atoms with van der Waals surface area (Å²) in [6, 6.07) is 7.53. The fourth-order valence-electron chi connectivity index (χ4n) is 3.10. The molecule has 0 aliphatic rings. The minimum absolute atomic E-state index is 0.179. The second kappa shape index (κ2) is 6.20. The van der Waals surface area contributed by atoms with Crippen LogP contribution in [0.3, 0.4) is 0 Å². The number of carbonyl (C=O) groups excluding carboxylic acids is 2. The lowest BCUT2D eigenvalue weighted by atomic mass is 10.1. The summed E-state index contributed by atoms with van der Waals surface area (Å²) in [5.41, 5.74) is 1.35. The highest BCUT2D eigenvalue weighted by Crippen LogP contribution is 2.44. The lowest BCUT2D eigenvalue weighted by molar-refractivity contribution is -0.134. The van der Waals surface area contributed by atoms with Crippen LogP contribution in [-0.2, 0) is 16.6 Å². The van der Waals surface area contributed by atoms with Crippen molar-refractivity contribution in [3.63, 3.8) is 0 Å². The lowest BCUT2D eigenvalue weighted by Gasteiger charge is -2.13. The molecule has 0 bridgehead atoms. The fourth-order valence-corrected chi connectivity index (χ4v) is 3.10. The molecule has 0 saturated heterocycles. The Morgan fingerprint density at radius 3 is 2.12 bits per heavy atom. The van der Waals surface area contributed by atoms with Gasteiger partial charge in [0, 0.05) is 37.6 Å². The average molecular weight is 340 g/mol. The summed E-state index contributed by atoms with van der Waals surface area (Å²) in [7, 11) is 1.93. The Labute approximate surface area is 145 Å². The smallest absolute Gasteiger partial charge is 0.308 e. The van der Waals surface area contributed by atoms with E-state index < -0.39 is 11.9 Å². The van der Waals surface area contributed by atoms with E-state index >= 15 is 0 Å². The third kappa shape index (κ3) is 2.84. The summed E-state index contributed by atoms with van der Waals surface area (Å²) >= 11 is 0. The third-order valence-electron chi connectivity index (χ3n) is 3.99. The first-order valence-electron chi connectivity index (χ1n) is 8.09. The van der Waals surface area contributed by atoms with E-state index in [1.165, 1.54) is 13.8 Å². The van der Waals surface area contributed by atoms with E-state index in [0.717, 1.165) is 16.7 Å². The maximum absolute atomic E-state index is 11.7. The number of esters is 2. The van der Waals surface area contributed by atoms with Crippen molar-refractivity contribution in [3.8, 4) is 11.5 Å². The number of nitrogens with zero attached hydrogens (tertiary/aromatic N) is 2.